The quantitative estimate of drug-likeness (QED) is 0.604. The van der Waals surface area contributed by atoms with Crippen LogP contribution >= 0.6 is 0 Å². The van der Waals surface area contributed by atoms with Crippen molar-refractivity contribution in [2.24, 2.45) is 0 Å². The van der Waals surface area contributed by atoms with Crippen LogP contribution in [-0.4, -0.2) is 0 Å². The van der Waals surface area contributed by atoms with E-state index < -0.39 is 0 Å². The molecule has 1 aliphatic carbocycles. The average molecular weight is 208 g/mol. The first-order valence-electron chi connectivity index (χ1n) is 5.74. The highest BCUT2D eigenvalue weighted by atomic mass is 16.6. The minimum atomic E-state index is 0.305. The molecular formula is C15H12O. The van der Waals surface area contributed by atoms with Crippen molar-refractivity contribution in [3.05, 3.63) is 70.8 Å². The van der Waals surface area contributed by atoms with E-state index >= 15 is 0 Å². The highest BCUT2D eigenvalue weighted by molar-refractivity contribution is 5.45. The van der Waals surface area contributed by atoms with E-state index in [9.17, 15) is 0 Å². The minimum absolute atomic E-state index is 0.305. The van der Waals surface area contributed by atoms with Crippen molar-refractivity contribution in [3.8, 4) is 0 Å². The zero-order valence-electron chi connectivity index (χ0n) is 8.89. The Balaban J connectivity index is 1.94. The Morgan fingerprint density at radius 3 is 1.81 bits per heavy atom. The summed E-state index contributed by atoms with van der Waals surface area (Å²) in [6.07, 6.45) is 1.66. The number of ether oxygens (including phenoxy) is 1. The van der Waals surface area contributed by atoms with Crippen molar-refractivity contribution < 1.29 is 4.74 Å². The lowest BCUT2D eigenvalue weighted by Gasteiger charge is -2.07. The molecule has 0 saturated carbocycles. The molecule has 1 fully saturated rings. The zero-order chi connectivity index (χ0) is 10.5. The smallest absolute Gasteiger partial charge is 0.114 e. The minimum Gasteiger partial charge on any atom is -0.359 e. The van der Waals surface area contributed by atoms with Gasteiger partial charge in [-0.05, 0) is 28.7 Å². The van der Waals surface area contributed by atoms with Gasteiger partial charge in [-0.1, -0.05) is 48.5 Å². The normalized spacial score (nSPS) is 25.0. The summed E-state index contributed by atoms with van der Waals surface area (Å²) in [6.45, 7) is 0. The molecule has 2 unspecified atom stereocenters. The van der Waals surface area contributed by atoms with Crippen molar-refractivity contribution in [1.82, 2.24) is 0 Å². The van der Waals surface area contributed by atoms with E-state index in [2.05, 4.69) is 48.5 Å². The van der Waals surface area contributed by atoms with E-state index in [0.717, 1.165) is 6.42 Å². The lowest BCUT2D eigenvalue weighted by molar-refractivity contribution is 0.375. The third-order valence-corrected chi connectivity index (χ3v) is 3.60. The standard InChI is InChI=1S/C15H12O/c1-3-7-12-10(5-1)9-11-6-2-4-8-13(11)15-14(12)16-15/h1-8,14-15H,9H2. The summed E-state index contributed by atoms with van der Waals surface area (Å²) in [5.41, 5.74) is 5.59. The Labute approximate surface area is 94.7 Å². The monoisotopic (exact) mass is 208 g/mol. The molecule has 2 aliphatic rings. The molecule has 0 radical (unpaired) electrons. The van der Waals surface area contributed by atoms with Crippen molar-refractivity contribution in [3.63, 3.8) is 0 Å². The molecular weight excluding hydrogens is 196 g/mol. The fourth-order valence-electron chi connectivity index (χ4n) is 2.74. The Kier molecular flexibility index (Phi) is 1.58. The van der Waals surface area contributed by atoms with Crippen LogP contribution in [0.1, 0.15) is 34.5 Å². The van der Waals surface area contributed by atoms with Crippen LogP contribution in [0.2, 0.25) is 0 Å². The highest BCUT2D eigenvalue weighted by Gasteiger charge is 2.45. The van der Waals surface area contributed by atoms with E-state index in [-0.39, 0.29) is 0 Å². The Morgan fingerprint density at radius 1 is 0.750 bits per heavy atom. The zero-order valence-corrected chi connectivity index (χ0v) is 8.89. The van der Waals surface area contributed by atoms with Crippen molar-refractivity contribution in [1.29, 1.82) is 0 Å². The predicted octanol–water partition coefficient (Wildman–Crippen LogP) is 3.40. The van der Waals surface area contributed by atoms with Gasteiger partial charge in [-0.3, -0.25) is 0 Å². The summed E-state index contributed by atoms with van der Waals surface area (Å²) >= 11 is 0. The van der Waals surface area contributed by atoms with Gasteiger partial charge in [0.05, 0.1) is 0 Å². The molecule has 0 N–H and O–H groups in total. The van der Waals surface area contributed by atoms with Gasteiger partial charge in [-0.2, -0.15) is 0 Å². The van der Waals surface area contributed by atoms with Gasteiger partial charge in [0.15, 0.2) is 0 Å². The number of benzene rings is 2. The summed E-state index contributed by atoms with van der Waals surface area (Å²) in [5.74, 6) is 0. The number of hydrogen-bond donors (Lipinski definition) is 0. The van der Waals surface area contributed by atoms with Gasteiger partial charge in [0.1, 0.15) is 12.2 Å². The molecule has 2 atom stereocenters. The summed E-state index contributed by atoms with van der Waals surface area (Å²) in [6, 6.07) is 17.3. The van der Waals surface area contributed by atoms with E-state index in [1.54, 1.807) is 0 Å². The second kappa shape index (κ2) is 2.96. The molecule has 78 valence electrons. The fourth-order valence-corrected chi connectivity index (χ4v) is 2.74. The summed E-state index contributed by atoms with van der Waals surface area (Å²) in [5, 5.41) is 0. The molecule has 16 heavy (non-hydrogen) atoms. The molecule has 1 aliphatic heterocycles. The third kappa shape index (κ3) is 1.09. The number of rotatable bonds is 0. The first-order valence-corrected chi connectivity index (χ1v) is 5.74. The van der Waals surface area contributed by atoms with Gasteiger partial charge in [0.25, 0.3) is 0 Å². The maximum absolute atomic E-state index is 5.81. The van der Waals surface area contributed by atoms with E-state index in [1.807, 2.05) is 0 Å². The van der Waals surface area contributed by atoms with Gasteiger partial charge >= 0.3 is 0 Å². The first-order chi connectivity index (χ1) is 7.93. The third-order valence-electron chi connectivity index (χ3n) is 3.60. The molecule has 1 saturated heterocycles. The van der Waals surface area contributed by atoms with Gasteiger partial charge in [0, 0.05) is 0 Å². The molecule has 0 aromatic heterocycles. The van der Waals surface area contributed by atoms with Crippen LogP contribution in [0.3, 0.4) is 0 Å². The molecule has 1 heteroatoms. The molecule has 1 heterocycles. The molecule has 0 bridgehead atoms. The van der Waals surface area contributed by atoms with Gasteiger partial charge in [0.2, 0.25) is 0 Å². The molecule has 2 aromatic carbocycles. The van der Waals surface area contributed by atoms with Gasteiger partial charge in [-0.15, -0.1) is 0 Å². The second-order valence-electron chi connectivity index (χ2n) is 4.55. The average Bonchev–Trinajstić information content (AvgIpc) is 3.09. The van der Waals surface area contributed by atoms with Crippen LogP contribution in [0.5, 0.6) is 0 Å². The second-order valence-corrected chi connectivity index (χ2v) is 4.55. The van der Waals surface area contributed by atoms with Crippen molar-refractivity contribution >= 4 is 0 Å². The largest absolute Gasteiger partial charge is 0.359 e. The Morgan fingerprint density at radius 2 is 1.25 bits per heavy atom. The number of hydrogen-bond acceptors (Lipinski definition) is 1. The molecule has 4 rings (SSSR count). The number of epoxide rings is 1. The van der Waals surface area contributed by atoms with Crippen LogP contribution in [0, 0.1) is 0 Å². The Bertz CT molecular complexity index is 509. The molecule has 0 amide bonds. The van der Waals surface area contributed by atoms with Crippen LogP contribution < -0.4 is 0 Å². The van der Waals surface area contributed by atoms with E-state index in [0.29, 0.717) is 12.2 Å². The van der Waals surface area contributed by atoms with Gasteiger partial charge < -0.3 is 4.74 Å². The lowest BCUT2D eigenvalue weighted by atomic mass is 10.00. The number of fused-ring (bicyclic) bond motifs is 5. The van der Waals surface area contributed by atoms with E-state index in [1.165, 1.54) is 22.3 Å². The van der Waals surface area contributed by atoms with Crippen LogP contribution in [-0.2, 0) is 11.2 Å². The highest BCUT2D eigenvalue weighted by Crippen LogP contribution is 2.54. The van der Waals surface area contributed by atoms with Crippen LogP contribution in [0.25, 0.3) is 0 Å². The Hall–Kier alpha value is -1.60. The maximum atomic E-state index is 5.81. The summed E-state index contributed by atoms with van der Waals surface area (Å²) in [4.78, 5) is 0. The van der Waals surface area contributed by atoms with Crippen LogP contribution in [0.4, 0.5) is 0 Å². The molecule has 0 spiro atoms. The summed E-state index contributed by atoms with van der Waals surface area (Å²) in [7, 11) is 0. The molecule has 2 aromatic rings. The SMILES string of the molecule is c1ccc2c(c1)Cc1ccccc1C1OC21. The topological polar surface area (TPSA) is 12.5 Å². The lowest BCUT2D eigenvalue weighted by Crippen LogP contribution is -1.93. The van der Waals surface area contributed by atoms with Gasteiger partial charge in [-0.25, -0.2) is 0 Å². The van der Waals surface area contributed by atoms with Crippen LogP contribution in [0.15, 0.2) is 48.5 Å². The summed E-state index contributed by atoms with van der Waals surface area (Å²) < 4.78 is 5.81. The first kappa shape index (κ1) is 8.54. The predicted molar refractivity (Wildman–Crippen MR) is 62.3 cm³/mol. The van der Waals surface area contributed by atoms with Crippen molar-refractivity contribution in [2.45, 2.75) is 18.6 Å². The maximum Gasteiger partial charge on any atom is 0.114 e. The van der Waals surface area contributed by atoms with E-state index in [4.69, 9.17) is 4.74 Å². The fraction of sp³-hybridized carbons (Fsp3) is 0.200. The van der Waals surface area contributed by atoms with Crippen molar-refractivity contribution in [2.75, 3.05) is 0 Å². The molecule has 1 nitrogen and oxygen atoms in total.